The summed E-state index contributed by atoms with van der Waals surface area (Å²) in [5, 5.41) is 23.3. The molecule has 0 rings (SSSR count). The zero-order chi connectivity index (χ0) is 52.9. The monoisotopic (exact) mass is 1020 g/mol. The van der Waals surface area contributed by atoms with Gasteiger partial charge in [0.25, 0.3) is 0 Å². The van der Waals surface area contributed by atoms with Crippen molar-refractivity contribution in [3.05, 3.63) is 48.6 Å². The molecule has 2 atom stereocenters. The Morgan fingerprint density at radius 1 is 0.397 bits per heavy atom. The minimum atomic E-state index is -0.673. The van der Waals surface area contributed by atoms with Gasteiger partial charge in [-0.2, -0.15) is 0 Å². The topological polar surface area (TPSA) is 95.9 Å². The molecule has 0 heterocycles. The van der Waals surface area contributed by atoms with Crippen LogP contribution in [0.15, 0.2) is 48.6 Å². The van der Waals surface area contributed by atoms with Gasteiger partial charge in [0.1, 0.15) is 0 Å². The molecular weight excluding hydrogens is 899 g/mol. The molecule has 0 aliphatic carbocycles. The first kappa shape index (κ1) is 70.8. The van der Waals surface area contributed by atoms with Crippen LogP contribution in [0.2, 0.25) is 0 Å². The lowest BCUT2D eigenvalue weighted by Crippen LogP contribution is -2.45. The quantitative estimate of drug-likeness (QED) is 0.0244. The molecule has 0 aromatic carbocycles. The number of hydrogen-bond donors (Lipinski definition) is 3. The average molecular weight is 1020 g/mol. The Morgan fingerprint density at radius 2 is 0.726 bits per heavy atom. The molecule has 1 amide bonds. The largest absolute Gasteiger partial charge is 0.466 e. The lowest BCUT2D eigenvalue weighted by molar-refractivity contribution is -0.143. The maximum atomic E-state index is 12.5. The first-order valence-corrected chi connectivity index (χ1v) is 32.4. The molecule has 0 aliphatic rings. The van der Waals surface area contributed by atoms with Gasteiger partial charge in [-0.15, -0.1) is 0 Å². The van der Waals surface area contributed by atoms with Gasteiger partial charge in [0.15, 0.2) is 0 Å². The van der Waals surface area contributed by atoms with E-state index >= 15 is 0 Å². The molecule has 0 aromatic heterocycles. The van der Waals surface area contributed by atoms with Crippen LogP contribution in [0.1, 0.15) is 341 Å². The summed E-state index contributed by atoms with van der Waals surface area (Å²) in [7, 11) is 0. The van der Waals surface area contributed by atoms with Gasteiger partial charge in [0.05, 0.1) is 25.4 Å². The number of carbonyl (C=O) groups is 2. The van der Waals surface area contributed by atoms with E-state index in [1.54, 1.807) is 0 Å². The molecule has 6 heteroatoms. The van der Waals surface area contributed by atoms with E-state index in [2.05, 4.69) is 67.8 Å². The number of allylic oxidation sites excluding steroid dienone is 8. The third-order valence-electron chi connectivity index (χ3n) is 14.9. The van der Waals surface area contributed by atoms with Gasteiger partial charge in [-0.1, -0.05) is 287 Å². The van der Waals surface area contributed by atoms with Crippen molar-refractivity contribution < 1.29 is 24.5 Å². The minimum Gasteiger partial charge on any atom is -0.466 e. The van der Waals surface area contributed by atoms with Crippen LogP contribution in [0, 0.1) is 0 Å². The maximum Gasteiger partial charge on any atom is 0.305 e. The molecule has 0 radical (unpaired) electrons. The van der Waals surface area contributed by atoms with E-state index in [0.717, 1.165) is 77.0 Å². The first-order chi connectivity index (χ1) is 36.0. The Labute approximate surface area is 455 Å². The van der Waals surface area contributed by atoms with Crippen LogP contribution in [0.25, 0.3) is 0 Å². The van der Waals surface area contributed by atoms with Gasteiger partial charge in [-0.25, -0.2) is 0 Å². The zero-order valence-electron chi connectivity index (χ0n) is 48.9. The normalized spacial score (nSPS) is 12.9. The summed E-state index contributed by atoms with van der Waals surface area (Å²) in [5.74, 6) is -0.0600. The number of aliphatic hydroxyl groups excluding tert-OH is 2. The van der Waals surface area contributed by atoms with Crippen LogP contribution in [0.5, 0.6) is 0 Å². The van der Waals surface area contributed by atoms with Crippen LogP contribution in [-0.2, 0) is 14.3 Å². The van der Waals surface area contributed by atoms with Crippen molar-refractivity contribution in [2.45, 2.75) is 353 Å². The van der Waals surface area contributed by atoms with E-state index in [0.29, 0.717) is 25.9 Å². The predicted octanol–water partition coefficient (Wildman–Crippen LogP) is 20.5. The minimum absolute atomic E-state index is 0.0169. The second-order valence-corrected chi connectivity index (χ2v) is 22.1. The van der Waals surface area contributed by atoms with Crippen LogP contribution in [0.3, 0.4) is 0 Å². The lowest BCUT2D eigenvalue weighted by Gasteiger charge is -2.22. The summed E-state index contributed by atoms with van der Waals surface area (Å²) in [6.45, 7) is 4.90. The molecule has 428 valence electrons. The van der Waals surface area contributed by atoms with E-state index in [9.17, 15) is 19.8 Å². The Morgan fingerprint density at radius 3 is 1.15 bits per heavy atom. The smallest absolute Gasteiger partial charge is 0.305 e. The number of hydrogen-bond acceptors (Lipinski definition) is 5. The third kappa shape index (κ3) is 58.9. The van der Waals surface area contributed by atoms with Crippen molar-refractivity contribution >= 4 is 11.9 Å². The highest BCUT2D eigenvalue weighted by Crippen LogP contribution is 2.18. The molecule has 0 saturated heterocycles. The molecule has 0 aromatic rings. The standard InChI is InChI=1S/C67H125NO5/c1-3-5-7-9-11-13-15-17-19-21-24-29-33-37-41-45-49-53-57-61-67(72)73-62-58-54-50-46-42-38-34-30-26-23-25-28-32-36-40-44-48-52-56-60-66(71)68-64(63-69)65(70)59-55-51-47-43-39-35-31-27-22-20-18-16-14-12-10-8-6-4-2/h11,13,17,19,30,34,38,42,64-65,69-70H,3-10,12,14-16,18,20-29,31-33,35-37,39-41,43-63H2,1-2H3,(H,68,71)/b13-11-,19-17-,34-30-,42-38-. The molecule has 73 heavy (non-hydrogen) atoms. The van der Waals surface area contributed by atoms with Crippen molar-refractivity contribution in [3.8, 4) is 0 Å². The summed E-state index contributed by atoms with van der Waals surface area (Å²) in [6, 6.07) is -0.551. The van der Waals surface area contributed by atoms with Crippen LogP contribution in [0.4, 0.5) is 0 Å². The Balaban J connectivity index is 3.47. The number of amides is 1. The Hall–Kier alpha value is -2.18. The van der Waals surface area contributed by atoms with Crippen molar-refractivity contribution in [2.24, 2.45) is 0 Å². The van der Waals surface area contributed by atoms with Crippen molar-refractivity contribution in [3.63, 3.8) is 0 Å². The highest BCUT2D eigenvalue weighted by molar-refractivity contribution is 5.76. The second-order valence-electron chi connectivity index (χ2n) is 22.1. The fourth-order valence-electron chi connectivity index (χ4n) is 9.90. The summed E-state index contributed by atoms with van der Waals surface area (Å²) in [6.07, 6.45) is 79.8. The van der Waals surface area contributed by atoms with E-state index in [4.69, 9.17) is 4.74 Å². The number of rotatable bonds is 60. The highest BCUT2D eigenvalue weighted by Gasteiger charge is 2.20. The number of nitrogens with one attached hydrogen (secondary N) is 1. The second kappa shape index (κ2) is 62.4. The van der Waals surface area contributed by atoms with Crippen LogP contribution < -0.4 is 5.32 Å². The van der Waals surface area contributed by atoms with Gasteiger partial charge in [0.2, 0.25) is 5.91 Å². The van der Waals surface area contributed by atoms with E-state index in [1.165, 1.54) is 231 Å². The molecule has 0 fully saturated rings. The fourth-order valence-corrected chi connectivity index (χ4v) is 9.90. The summed E-state index contributed by atoms with van der Waals surface area (Å²) in [5.41, 5.74) is 0. The summed E-state index contributed by atoms with van der Waals surface area (Å²) >= 11 is 0. The number of esters is 1. The molecule has 0 aliphatic heterocycles. The molecular formula is C67H125NO5. The Bertz CT molecular complexity index is 1230. The van der Waals surface area contributed by atoms with Crippen molar-refractivity contribution in [2.75, 3.05) is 13.2 Å². The van der Waals surface area contributed by atoms with Gasteiger partial charge < -0.3 is 20.3 Å². The van der Waals surface area contributed by atoms with Crippen molar-refractivity contribution in [1.82, 2.24) is 5.32 Å². The Kier molecular flexibility index (Phi) is 60.5. The van der Waals surface area contributed by atoms with Gasteiger partial charge in [-0.3, -0.25) is 9.59 Å². The van der Waals surface area contributed by atoms with E-state index < -0.39 is 12.1 Å². The van der Waals surface area contributed by atoms with Gasteiger partial charge >= 0.3 is 5.97 Å². The number of carbonyl (C=O) groups excluding carboxylic acids is 2. The summed E-state index contributed by atoms with van der Waals surface area (Å²) in [4.78, 5) is 24.6. The number of unbranched alkanes of at least 4 members (excludes halogenated alkanes) is 42. The molecule has 0 spiro atoms. The lowest BCUT2D eigenvalue weighted by atomic mass is 10.0. The fraction of sp³-hybridized carbons (Fsp3) is 0.851. The van der Waals surface area contributed by atoms with Crippen molar-refractivity contribution in [1.29, 1.82) is 0 Å². The van der Waals surface area contributed by atoms with E-state index in [1.807, 2.05) is 0 Å². The van der Waals surface area contributed by atoms with Gasteiger partial charge in [-0.05, 0) is 89.9 Å². The predicted molar refractivity (Wildman–Crippen MR) is 319 cm³/mol. The molecule has 2 unspecified atom stereocenters. The number of aliphatic hydroxyl groups is 2. The first-order valence-electron chi connectivity index (χ1n) is 32.4. The van der Waals surface area contributed by atoms with Gasteiger partial charge in [0, 0.05) is 12.8 Å². The number of ether oxygens (including phenoxy) is 1. The van der Waals surface area contributed by atoms with E-state index in [-0.39, 0.29) is 18.5 Å². The molecule has 0 saturated carbocycles. The van der Waals surface area contributed by atoms with Crippen LogP contribution >= 0.6 is 0 Å². The maximum absolute atomic E-state index is 12.5. The SMILES string of the molecule is CCCCC/C=C\C/C=C\CCCCCCCCCCCC(=O)OCCCCC/C=C\C=C/CCCCCCCCCCCCC(=O)NC(CO)C(O)CCCCCCCCCCCCCCCCCCCC. The third-order valence-corrected chi connectivity index (χ3v) is 14.9. The highest BCUT2D eigenvalue weighted by atomic mass is 16.5. The summed E-state index contributed by atoms with van der Waals surface area (Å²) < 4.78 is 5.47. The average Bonchev–Trinajstić information content (AvgIpc) is 3.39. The van der Waals surface area contributed by atoms with Crippen LogP contribution in [-0.4, -0.2) is 47.4 Å². The molecule has 3 N–H and O–H groups in total. The zero-order valence-corrected chi connectivity index (χ0v) is 48.9. The molecule has 6 nitrogen and oxygen atoms in total. The molecule has 0 bridgehead atoms.